The topological polar surface area (TPSA) is 196 Å². The highest BCUT2D eigenvalue weighted by Crippen LogP contribution is 2.88. The minimum Gasteiger partial charge on any atom is -0.363 e. The number of H-pyrrole nitrogens is 1. The van der Waals surface area contributed by atoms with Crippen molar-refractivity contribution in [2.45, 2.75) is 142 Å². The summed E-state index contributed by atoms with van der Waals surface area (Å²) in [5.41, 5.74) is 4.46. The van der Waals surface area contributed by atoms with Gasteiger partial charge in [-0.15, -0.1) is 0 Å². The van der Waals surface area contributed by atoms with Gasteiger partial charge in [0.25, 0.3) is 11.8 Å². The third-order valence-corrected chi connectivity index (χ3v) is 13.9. The molecule has 0 bridgehead atoms. The zero-order valence-electron chi connectivity index (χ0n) is 30.9. The summed E-state index contributed by atoms with van der Waals surface area (Å²) in [5, 5.41) is 8.84. The number of ketones is 1. The summed E-state index contributed by atoms with van der Waals surface area (Å²) in [6.07, 6.45) is 14.2. The van der Waals surface area contributed by atoms with Crippen LogP contribution in [0, 0.1) is 33.5 Å². The van der Waals surface area contributed by atoms with E-state index in [9.17, 15) is 28.8 Å². The van der Waals surface area contributed by atoms with Crippen molar-refractivity contribution >= 4 is 35.3 Å². The van der Waals surface area contributed by atoms with Gasteiger partial charge < -0.3 is 31.6 Å². The van der Waals surface area contributed by atoms with E-state index in [0.29, 0.717) is 19.4 Å². The number of rotatable bonds is 12. The van der Waals surface area contributed by atoms with Gasteiger partial charge in [0.2, 0.25) is 23.5 Å². The van der Waals surface area contributed by atoms with Crippen LogP contribution >= 0.6 is 0 Å². The first-order valence-corrected chi connectivity index (χ1v) is 19.1. The molecule has 5 amide bonds. The molecule has 6 rings (SSSR count). The van der Waals surface area contributed by atoms with Gasteiger partial charge >= 0.3 is 0 Å². The smallest absolute Gasteiger partial charge is 0.287 e. The lowest BCUT2D eigenvalue weighted by Gasteiger charge is -2.38. The van der Waals surface area contributed by atoms with E-state index < -0.39 is 59.0 Å². The second-order valence-corrected chi connectivity index (χ2v) is 17.8. The van der Waals surface area contributed by atoms with E-state index >= 15 is 0 Å². The summed E-state index contributed by atoms with van der Waals surface area (Å²) in [7, 11) is 0. The Hall–Kier alpha value is -3.77. The van der Waals surface area contributed by atoms with Crippen LogP contribution in [0.1, 0.15) is 129 Å². The molecule has 51 heavy (non-hydrogen) atoms. The molecule has 13 heteroatoms. The number of carbonyl (C=O) groups is 6. The zero-order chi connectivity index (χ0) is 36.9. The molecule has 2 spiro atoms. The SMILES string of the molecule is CC(C)(C)[C@H](NC(=O)[C@@H](NC(=O)c1c[nH]cn1)C1CCCCC1)C(=O)N1C[C@]2(C[C@H]1C(=O)NC(CC1CCC1)C(=O)C(N)=O)C(C)(C)C21CCC1. The Morgan fingerprint density at radius 2 is 1.63 bits per heavy atom. The minimum atomic E-state index is -1.09. The molecule has 13 nitrogen and oxygen atoms in total. The molecule has 1 aromatic heterocycles. The Bertz CT molecular complexity index is 1540. The van der Waals surface area contributed by atoms with E-state index in [2.05, 4.69) is 39.8 Å². The quantitative estimate of drug-likeness (QED) is 0.206. The van der Waals surface area contributed by atoms with Crippen LogP contribution < -0.4 is 21.7 Å². The molecular formula is C38H57N7O6. The summed E-state index contributed by atoms with van der Waals surface area (Å²) in [6, 6.07) is -3.83. The first kappa shape index (κ1) is 37.0. The van der Waals surface area contributed by atoms with E-state index in [-0.39, 0.29) is 39.7 Å². The van der Waals surface area contributed by atoms with E-state index in [1.165, 1.54) is 12.5 Å². The van der Waals surface area contributed by atoms with E-state index in [0.717, 1.165) is 70.6 Å². The number of carbonyl (C=O) groups excluding carboxylic acids is 6. The molecule has 1 aromatic rings. The maximum absolute atomic E-state index is 14.9. The number of amides is 5. The highest BCUT2D eigenvalue weighted by Gasteiger charge is 2.85. The second kappa shape index (κ2) is 13.7. The molecule has 1 aliphatic heterocycles. The molecule has 4 saturated carbocycles. The molecule has 1 saturated heterocycles. The normalized spacial score (nSPS) is 27.1. The van der Waals surface area contributed by atoms with E-state index in [1.807, 2.05) is 20.8 Å². The third kappa shape index (κ3) is 6.47. The van der Waals surface area contributed by atoms with Gasteiger partial charge in [-0.05, 0) is 66.6 Å². The van der Waals surface area contributed by atoms with Crippen molar-refractivity contribution in [3.8, 4) is 0 Å². The fourth-order valence-corrected chi connectivity index (χ4v) is 10.3. The average molecular weight is 708 g/mol. The van der Waals surface area contributed by atoms with Crippen molar-refractivity contribution in [2.75, 3.05) is 6.54 Å². The summed E-state index contributed by atoms with van der Waals surface area (Å²) < 4.78 is 0. The molecule has 5 fully saturated rings. The Morgan fingerprint density at radius 3 is 2.14 bits per heavy atom. The number of fused-ring (bicyclic) bond motifs is 1. The molecule has 280 valence electrons. The fourth-order valence-electron chi connectivity index (χ4n) is 10.3. The van der Waals surface area contributed by atoms with Crippen LogP contribution in [0.2, 0.25) is 0 Å². The largest absolute Gasteiger partial charge is 0.363 e. The van der Waals surface area contributed by atoms with Gasteiger partial charge in [0.15, 0.2) is 0 Å². The van der Waals surface area contributed by atoms with E-state index in [4.69, 9.17) is 5.73 Å². The van der Waals surface area contributed by atoms with Gasteiger partial charge in [-0.1, -0.05) is 79.6 Å². The Morgan fingerprint density at radius 1 is 0.941 bits per heavy atom. The lowest BCUT2D eigenvalue weighted by Crippen LogP contribution is -2.62. The predicted molar refractivity (Wildman–Crippen MR) is 189 cm³/mol. The van der Waals surface area contributed by atoms with Gasteiger partial charge in [0.05, 0.1) is 12.4 Å². The van der Waals surface area contributed by atoms with Crippen molar-refractivity contribution in [3.05, 3.63) is 18.2 Å². The zero-order valence-corrected chi connectivity index (χ0v) is 30.9. The number of aromatic amines is 1. The lowest BCUT2D eigenvalue weighted by molar-refractivity contribution is -0.145. The number of aromatic nitrogens is 2. The Balaban J connectivity index is 1.28. The first-order chi connectivity index (χ1) is 24.0. The van der Waals surface area contributed by atoms with Crippen LogP contribution in [0.5, 0.6) is 0 Å². The van der Waals surface area contributed by atoms with Gasteiger partial charge in [-0.2, -0.15) is 0 Å². The second-order valence-electron chi connectivity index (χ2n) is 17.8. The molecule has 2 heterocycles. The number of nitrogens with two attached hydrogens (primary N) is 1. The van der Waals surface area contributed by atoms with Gasteiger partial charge in [-0.25, -0.2) is 4.98 Å². The van der Waals surface area contributed by atoms with Crippen LogP contribution in [0.3, 0.4) is 0 Å². The number of imidazole rings is 1. The molecule has 6 N–H and O–H groups in total. The van der Waals surface area contributed by atoms with Crippen LogP contribution in [-0.4, -0.2) is 80.9 Å². The summed E-state index contributed by atoms with van der Waals surface area (Å²) in [6.45, 7) is 10.4. The number of Topliss-reactive ketones (excluding diaryl/α,β-unsaturated/α-hetero) is 1. The highest BCUT2D eigenvalue weighted by molar-refractivity contribution is 6.37. The summed E-state index contributed by atoms with van der Waals surface area (Å²) >= 11 is 0. The number of nitrogens with one attached hydrogen (secondary N) is 4. The fraction of sp³-hybridized carbons (Fsp3) is 0.763. The predicted octanol–water partition coefficient (Wildman–Crippen LogP) is 3.15. The monoisotopic (exact) mass is 707 g/mol. The third-order valence-electron chi connectivity index (χ3n) is 13.9. The van der Waals surface area contributed by atoms with Crippen LogP contribution in [-0.2, 0) is 24.0 Å². The molecular weight excluding hydrogens is 650 g/mol. The number of hydrogen-bond acceptors (Lipinski definition) is 7. The lowest BCUT2D eigenvalue weighted by atomic mass is 9.73. The number of nitrogens with zero attached hydrogens (tertiary/aromatic N) is 2. The summed E-state index contributed by atoms with van der Waals surface area (Å²) in [4.78, 5) is 90.1. The van der Waals surface area contributed by atoms with Crippen molar-refractivity contribution in [1.29, 1.82) is 0 Å². The number of likely N-dealkylation sites (tertiary alicyclic amines) is 1. The van der Waals surface area contributed by atoms with Crippen molar-refractivity contribution in [3.63, 3.8) is 0 Å². The van der Waals surface area contributed by atoms with Crippen molar-refractivity contribution < 1.29 is 28.8 Å². The average Bonchev–Trinajstić information content (AvgIpc) is 3.53. The molecule has 4 aliphatic carbocycles. The minimum absolute atomic E-state index is 0.0189. The van der Waals surface area contributed by atoms with Crippen LogP contribution in [0.15, 0.2) is 12.5 Å². The Labute approximate surface area is 300 Å². The van der Waals surface area contributed by atoms with Gasteiger partial charge in [-0.3, -0.25) is 28.8 Å². The molecule has 5 aliphatic rings. The first-order valence-electron chi connectivity index (χ1n) is 19.1. The van der Waals surface area contributed by atoms with E-state index in [1.54, 1.807) is 4.90 Å². The maximum Gasteiger partial charge on any atom is 0.287 e. The van der Waals surface area contributed by atoms with Gasteiger partial charge in [0, 0.05) is 18.2 Å². The standard InChI is InChI=1S/C38H57N7O6/c1-35(2,3)29(44-33(50)27(23-13-7-6-8-14-23)43-31(48)25-19-40-21-41-25)34(51)45-20-38(36(4,5)37(38)15-10-16-37)18-26(45)32(49)42-24(28(46)30(39)47)17-22-11-9-12-22/h19,21-24,26-27,29H,6-18,20H2,1-5H3,(H2,39,47)(H,40,41)(H,42,49)(H,43,48)(H,44,50)/t24?,26-,27-,29+,38+/m0/s1. The molecule has 0 aromatic carbocycles. The maximum atomic E-state index is 14.9. The molecule has 0 radical (unpaired) electrons. The molecule has 5 atom stereocenters. The van der Waals surface area contributed by atoms with Crippen molar-refractivity contribution in [2.24, 2.45) is 39.2 Å². The highest BCUT2D eigenvalue weighted by atomic mass is 16.2. The molecule has 1 unspecified atom stereocenters. The number of hydrogen-bond donors (Lipinski definition) is 5. The van der Waals surface area contributed by atoms with Gasteiger partial charge in [0.1, 0.15) is 23.8 Å². The van der Waals surface area contributed by atoms with Crippen molar-refractivity contribution in [1.82, 2.24) is 30.8 Å². The van der Waals surface area contributed by atoms with Crippen LogP contribution in [0.4, 0.5) is 0 Å². The van der Waals surface area contributed by atoms with Crippen LogP contribution in [0.25, 0.3) is 0 Å². The number of primary amides is 1. The Kier molecular flexibility index (Phi) is 9.91. The summed E-state index contributed by atoms with van der Waals surface area (Å²) in [5.74, 6) is -3.55.